The Morgan fingerprint density at radius 1 is 0.806 bits per heavy atom. The van der Waals surface area contributed by atoms with Crippen LogP contribution < -0.4 is 15.6 Å². The van der Waals surface area contributed by atoms with Gasteiger partial charge in [-0.25, -0.2) is 4.98 Å². The lowest BCUT2D eigenvalue weighted by Crippen LogP contribution is -2.44. The second kappa shape index (κ2) is 9.69. The summed E-state index contributed by atoms with van der Waals surface area (Å²) in [4.78, 5) is 28.8. The van der Waals surface area contributed by atoms with E-state index >= 15 is 0 Å². The van der Waals surface area contributed by atoms with E-state index in [0.717, 1.165) is 21.7 Å². The van der Waals surface area contributed by atoms with Gasteiger partial charge in [0.05, 0.1) is 0 Å². The third-order valence-corrected chi connectivity index (χ3v) is 5.29. The van der Waals surface area contributed by atoms with E-state index in [-0.39, 0.29) is 12.3 Å². The van der Waals surface area contributed by atoms with Gasteiger partial charge in [-0.3, -0.25) is 20.4 Å². The van der Waals surface area contributed by atoms with Gasteiger partial charge in [0.2, 0.25) is 0 Å². The van der Waals surface area contributed by atoms with Crippen molar-refractivity contribution in [3.63, 3.8) is 0 Å². The van der Waals surface area contributed by atoms with Gasteiger partial charge in [0.1, 0.15) is 16.5 Å². The molecule has 0 spiro atoms. The molecule has 0 radical (unpaired) electrons. The van der Waals surface area contributed by atoms with Gasteiger partial charge in [-0.1, -0.05) is 78.9 Å². The normalized spacial score (nSPS) is 10.3. The van der Waals surface area contributed by atoms with Crippen molar-refractivity contribution < 1.29 is 14.3 Å². The molecule has 154 valence electrons. The van der Waals surface area contributed by atoms with E-state index in [1.807, 2.05) is 78.9 Å². The van der Waals surface area contributed by atoms with Gasteiger partial charge in [0.15, 0.2) is 6.61 Å². The monoisotopic (exact) mass is 429 g/mol. The number of para-hydroxylation sites is 1. The molecular weight excluding hydrogens is 410 g/mol. The predicted octanol–water partition coefficient (Wildman–Crippen LogP) is 4.32. The molecule has 0 aliphatic carbocycles. The van der Waals surface area contributed by atoms with Crippen molar-refractivity contribution in [1.82, 2.24) is 15.8 Å². The highest BCUT2D eigenvalue weighted by atomic mass is 32.1. The summed E-state index contributed by atoms with van der Waals surface area (Å²) >= 11 is 1.36. The van der Waals surface area contributed by atoms with Gasteiger partial charge in [-0.2, -0.15) is 0 Å². The number of amides is 2. The Morgan fingerprint density at radius 3 is 2.19 bits per heavy atom. The third kappa shape index (κ3) is 5.15. The molecule has 1 heterocycles. The van der Waals surface area contributed by atoms with Crippen LogP contribution in [0.5, 0.6) is 5.75 Å². The molecule has 7 heteroatoms. The second-order valence-electron chi connectivity index (χ2n) is 6.56. The van der Waals surface area contributed by atoms with E-state index in [2.05, 4.69) is 15.8 Å². The minimum absolute atomic E-state index is 0.236. The quantitative estimate of drug-likeness (QED) is 0.448. The van der Waals surface area contributed by atoms with Crippen molar-refractivity contribution in [3.8, 4) is 27.4 Å². The van der Waals surface area contributed by atoms with E-state index in [1.54, 1.807) is 11.4 Å². The molecule has 2 amide bonds. The van der Waals surface area contributed by atoms with Crippen molar-refractivity contribution in [3.05, 3.63) is 96.0 Å². The molecular formula is C24H19N3O3S. The van der Waals surface area contributed by atoms with E-state index in [4.69, 9.17) is 4.74 Å². The van der Waals surface area contributed by atoms with Crippen LogP contribution in [0, 0.1) is 0 Å². The smallest absolute Gasteiger partial charge is 0.289 e. The van der Waals surface area contributed by atoms with Gasteiger partial charge >= 0.3 is 0 Å². The zero-order valence-corrected chi connectivity index (χ0v) is 17.3. The van der Waals surface area contributed by atoms with E-state index in [1.165, 1.54) is 11.3 Å². The van der Waals surface area contributed by atoms with Gasteiger partial charge in [0.25, 0.3) is 11.8 Å². The van der Waals surface area contributed by atoms with Gasteiger partial charge in [0, 0.05) is 16.5 Å². The first kappa shape index (κ1) is 20.3. The number of ether oxygens (including phenoxy) is 1. The number of aromatic nitrogens is 1. The number of nitrogens with one attached hydrogen (secondary N) is 2. The van der Waals surface area contributed by atoms with Crippen molar-refractivity contribution in [2.75, 3.05) is 6.61 Å². The lowest BCUT2D eigenvalue weighted by molar-refractivity contribution is -0.123. The molecule has 0 atom stereocenters. The lowest BCUT2D eigenvalue weighted by Gasteiger charge is -2.12. The summed E-state index contributed by atoms with van der Waals surface area (Å²) in [5, 5.41) is 2.38. The molecule has 0 bridgehead atoms. The van der Waals surface area contributed by atoms with Crippen molar-refractivity contribution in [2.45, 2.75) is 0 Å². The van der Waals surface area contributed by atoms with Crippen LogP contribution in [0.3, 0.4) is 0 Å². The van der Waals surface area contributed by atoms with Gasteiger partial charge in [-0.15, -0.1) is 11.3 Å². The molecule has 0 aliphatic rings. The predicted molar refractivity (Wildman–Crippen MR) is 121 cm³/mol. The molecule has 0 saturated heterocycles. The molecule has 0 saturated carbocycles. The summed E-state index contributed by atoms with van der Waals surface area (Å²) in [7, 11) is 0. The van der Waals surface area contributed by atoms with E-state index in [9.17, 15) is 9.59 Å². The van der Waals surface area contributed by atoms with Crippen molar-refractivity contribution in [1.29, 1.82) is 0 Å². The van der Waals surface area contributed by atoms with E-state index < -0.39 is 11.8 Å². The Morgan fingerprint density at radius 2 is 1.45 bits per heavy atom. The zero-order valence-electron chi connectivity index (χ0n) is 16.4. The highest BCUT2D eigenvalue weighted by molar-refractivity contribution is 7.13. The molecule has 0 unspecified atom stereocenters. The molecule has 4 rings (SSSR count). The Hall–Kier alpha value is -3.97. The first-order chi connectivity index (χ1) is 15.2. The number of rotatable bonds is 6. The Kier molecular flexibility index (Phi) is 6.35. The molecule has 4 aromatic rings. The molecule has 2 N–H and O–H groups in total. The Bertz CT molecular complexity index is 1180. The van der Waals surface area contributed by atoms with Gasteiger partial charge < -0.3 is 4.74 Å². The van der Waals surface area contributed by atoms with Crippen LogP contribution in [0.4, 0.5) is 0 Å². The summed E-state index contributed by atoms with van der Waals surface area (Å²) in [6.45, 7) is -0.240. The molecule has 0 aliphatic heterocycles. The average molecular weight is 430 g/mol. The first-order valence-electron chi connectivity index (χ1n) is 9.58. The van der Waals surface area contributed by atoms with Gasteiger partial charge in [-0.05, 0) is 11.6 Å². The van der Waals surface area contributed by atoms with Crippen LogP contribution in [-0.2, 0) is 4.79 Å². The topological polar surface area (TPSA) is 80.3 Å². The maximum absolute atomic E-state index is 12.3. The Balaban J connectivity index is 1.32. The highest BCUT2D eigenvalue weighted by Crippen LogP contribution is 2.29. The van der Waals surface area contributed by atoms with Crippen LogP contribution in [-0.4, -0.2) is 23.4 Å². The number of carbonyl (C=O) groups is 2. The first-order valence-corrected chi connectivity index (χ1v) is 10.5. The van der Waals surface area contributed by atoms with Crippen molar-refractivity contribution in [2.24, 2.45) is 0 Å². The van der Waals surface area contributed by atoms with Crippen LogP contribution in [0.25, 0.3) is 21.7 Å². The summed E-state index contributed by atoms with van der Waals surface area (Å²) < 4.78 is 5.68. The fourth-order valence-electron chi connectivity index (χ4n) is 2.91. The minimum Gasteiger partial charge on any atom is -0.483 e. The standard InChI is InChI=1S/C24H19N3O3S/c28-22(15-30-21-14-8-7-13-19(21)17-9-3-1-4-10-17)26-27-23(29)20-16-31-24(25-20)18-11-5-2-6-12-18/h1-14,16H,15H2,(H,26,28)(H,27,29). The lowest BCUT2D eigenvalue weighted by atomic mass is 10.1. The number of hydrogen-bond donors (Lipinski definition) is 2. The average Bonchev–Trinajstić information content (AvgIpc) is 3.33. The molecule has 1 aromatic heterocycles. The second-order valence-corrected chi connectivity index (χ2v) is 7.42. The summed E-state index contributed by atoms with van der Waals surface area (Å²) in [6, 6.07) is 26.8. The summed E-state index contributed by atoms with van der Waals surface area (Å²) in [5.41, 5.74) is 7.77. The summed E-state index contributed by atoms with van der Waals surface area (Å²) in [6.07, 6.45) is 0. The largest absolute Gasteiger partial charge is 0.483 e. The maximum Gasteiger partial charge on any atom is 0.289 e. The fraction of sp³-hybridized carbons (Fsp3) is 0.0417. The minimum atomic E-state index is -0.489. The number of benzene rings is 3. The fourth-order valence-corrected chi connectivity index (χ4v) is 3.72. The number of carbonyl (C=O) groups excluding carboxylic acids is 2. The number of hydrazine groups is 1. The molecule has 6 nitrogen and oxygen atoms in total. The van der Waals surface area contributed by atoms with Crippen LogP contribution in [0.15, 0.2) is 90.3 Å². The number of thiazole rings is 1. The van der Waals surface area contributed by atoms with Crippen LogP contribution in [0.1, 0.15) is 10.5 Å². The van der Waals surface area contributed by atoms with Crippen LogP contribution >= 0.6 is 11.3 Å². The third-order valence-electron chi connectivity index (χ3n) is 4.40. The molecule has 31 heavy (non-hydrogen) atoms. The van der Waals surface area contributed by atoms with Crippen LogP contribution in [0.2, 0.25) is 0 Å². The molecule has 3 aromatic carbocycles. The van der Waals surface area contributed by atoms with E-state index in [0.29, 0.717) is 5.75 Å². The molecule has 0 fully saturated rings. The number of nitrogens with zero attached hydrogens (tertiary/aromatic N) is 1. The summed E-state index contributed by atoms with van der Waals surface area (Å²) in [5.74, 6) is -0.381. The maximum atomic E-state index is 12.3. The SMILES string of the molecule is O=C(COc1ccccc1-c1ccccc1)NNC(=O)c1csc(-c2ccccc2)n1. The number of hydrogen-bond acceptors (Lipinski definition) is 5. The zero-order chi connectivity index (χ0) is 21.5. The van der Waals surface area contributed by atoms with Crippen molar-refractivity contribution >= 4 is 23.2 Å². The highest BCUT2D eigenvalue weighted by Gasteiger charge is 2.13. The Labute approximate surface area is 183 Å².